The molecular weight excluding hydrogens is 438 g/mol. The molecule has 0 bridgehead atoms. The lowest BCUT2D eigenvalue weighted by molar-refractivity contribution is -0.384. The van der Waals surface area contributed by atoms with E-state index in [-0.39, 0.29) is 18.0 Å². The first-order valence-corrected chi connectivity index (χ1v) is 10.2. The molecule has 3 aromatic rings. The third kappa shape index (κ3) is 7.13. The monoisotopic (exact) mass is 459 g/mol. The van der Waals surface area contributed by atoms with Crippen LogP contribution in [0.15, 0.2) is 90.6 Å². The molecule has 9 heteroatoms. The van der Waals surface area contributed by atoms with Gasteiger partial charge < -0.3 is 15.4 Å². The standard InChI is InChI=1S/C25H21N3O6/c29-23(34-17-18-8-3-1-4-9-18)16-26-25(31)22(27-24(30)20-11-5-2-6-12-20)15-19-10-7-13-21(14-19)28(32)33/h1-15H,16-17H2,(H,26,31)(H,27,30)/b22-15+. The first-order valence-electron chi connectivity index (χ1n) is 10.2. The van der Waals surface area contributed by atoms with Crippen molar-refractivity contribution < 1.29 is 24.0 Å². The van der Waals surface area contributed by atoms with E-state index in [4.69, 9.17) is 4.74 Å². The summed E-state index contributed by atoms with van der Waals surface area (Å²) >= 11 is 0. The highest BCUT2D eigenvalue weighted by Crippen LogP contribution is 2.15. The molecule has 9 nitrogen and oxygen atoms in total. The van der Waals surface area contributed by atoms with Gasteiger partial charge in [0.15, 0.2) is 0 Å². The van der Waals surface area contributed by atoms with E-state index in [1.807, 2.05) is 18.2 Å². The second-order valence-corrected chi connectivity index (χ2v) is 7.06. The molecule has 0 saturated carbocycles. The summed E-state index contributed by atoms with van der Waals surface area (Å²) in [5.41, 5.74) is 1.06. The summed E-state index contributed by atoms with van der Waals surface area (Å²) in [7, 11) is 0. The van der Waals surface area contributed by atoms with Crippen molar-refractivity contribution in [2.45, 2.75) is 6.61 Å². The number of nitrogens with one attached hydrogen (secondary N) is 2. The van der Waals surface area contributed by atoms with Gasteiger partial charge in [0, 0.05) is 17.7 Å². The zero-order valence-corrected chi connectivity index (χ0v) is 18.0. The van der Waals surface area contributed by atoms with Gasteiger partial charge in [-0.25, -0.2) is 0 Å². The molecule has 0 spiro atoms. The number of carbonyl (C=O) groups excluding carboxylic acids is 3. The number of ether oxygens (including phenoxy) is 1. The summed E-state index contributed by atoms with van der Waals surface area (Å²) in [6, 6.07) is 22.8. The fourth-order valence-electron chi connectivity index (χ4n) is 2.87. The molecule has 0 radical (unpaired) electrons. The summed E-state index contributed by atoms with van der Waals surface area (Å²) in [6.07, 6.45) is 1.29. The van der Waals surface area contributed by atoms with Gasteiger partial charge in [-0.15, -0.1) is 0 Å². The average molecular weight is 459 g/mol. The second kappa shape index (κ2) is 11.7. The Bertz CT molecular complexity index is 1210. The molecule has 0 heterocycles. The van der Waals surface area contributed by atoms with Crippen LogP contribution in [0, 0.1) is 10.1 Å². The average Bonchev–Trinajstić information content (AvgIpc) is 2.86. The Labute approximate surface area is 195 Å². The van der Waals surface area contributed by atoms with E-state index in [1.165, 1.54) is 24.3 Å². The number of nitrogens with zero attached hydrogens (tertiary/aromatic N) is 1. The largest absolute Gasteiger partial charge is 0.460 e. The van der Waals surface area contributed by atoms with Gasteiger partial charge in [-0.1, -0.05) is 60.7 Å². The van der Waals surface area contributed by atoms with Crippen molar-refractivity contribution in [2.75, 3.05) is 6.54 Å². The number of amides is 2. The van der Waals surface area contributed by atoms with Crippen LogP contribution in [0.4, 0.5) is 5.69 Å². The van der Waals surface area contributed by atoms with Crippen LogP contribution in [0.1, 0.15) is 21.5 Å². The minimum absolute atomic E-state index is 0.0522. The van der Waals surface area contributed by atoms with Gasteiger partial charge in [0.05, 0.1) is 4.92 Å². The lowest BCUT2D eigenvalue weighted by Crippen LogP contribution is -2.37. The molecule has 3 aromatic carbocycles. The van der Waals surface area contributed by atoms with Crippen molar-refractivity contribution in [3.8, 4) is 0 Å². The van der Waals surface area contributed by atoms with Crippen LogP contribution in [-0.2, 0) is 20.9 Å². The van der Waals surface area contributed by atoms with E-state index in [1.54, 1.807) is 48.5 Å². The highest BCUT2D eigenvalue weighted by atomic mass is 16.6. The van der Waals surface area contributed by atoms with Crippen LogP contribution >= 0.6 is 0 Å². The topological polar surface area (TPSA) is 128 Å². The zero-order chi connectivity index (χ0) is 24.3. The maximum Gasteiger partial charge on any atom is 0.325 e. The third-order valence-electron chi connectivity index (χ3n) is 4.56. The number of nitro groups is 1. The van der Waals surface area contributed by atoms with E-state index in [0.29, 0.717) is 11.1 Å². The predicted molar refractivity (Wildman–Crippen MR) is 124 cm³/mol. The van der Waals surface area contributed by atoms with Gasteiger partial charge in [0.1, 0.15) is 18.8 Å². The number of hydrogen-bond donors (Lipinski definition) is 2. The van der Waals surface area contributed by atoms with Crippen LogP contribution in [0.5, 0.6) is 0 Å². The second-order valence-electron chi connectivity index (χ2n) is 7.06. The van der Waals surface area contributed by atoms with Crippen molar-refractivity contribution in [3.05, 3.63) is 117 Å². The van der Waals surface area contributed by atoms with Crippen LogP contribution in [0.25, 0.3) is 6.08 Å². The summed E-state index contributed by atoms with van der Waals surface area (Å²) in [6.45, 7) is -0.379. The SMILES string of the molecule is O=C(CNC(=O)/C(=C\c1cccc([N+](=O)[O-])c1)NC(=O)c1ccccc1)OCc1ccccc1. The molecule has 172 valence electrons. The van der Waals surface area contributed by atoms with Gasteiger partial charge in [-0.3, -0.25) is 24.5 Å². The van der Waals surface area contributed by atoms with Crippen molar-refractivity contribution in [1.82, 2.24) is 10.6 Å². The van der Waals surface area contributed by atoms with Crippen LogP contribution < -0.4 is 10.6 Å². The molecule has 0 saturated heterocycles. The number of non-ortho nitro benzene ring substituents is 1. The highest BCUT2D eigenvalue weighted by molar-refractivity contribution is 6.05. The van der Waals surface area contributed by atoms with Gasteiger partial charge in [-0.05, 0) is 29.3 Å². The summed E-state index contributed by atoms with van der Waals surface area (Å²) in [5, 5.41) is 16.0. The van der Waals surface area contributed by atoms with Gasteiger partial charge in [0.2, 0.25) is 0 Å². The molecule has 2 N–H and O–H groups in total. The fourth-order valence-corrected chi connectivity index (χ4v) is 2.87. The number of nitro benzene ring substituents is 1. The predicted octanol–water partition coefficient (Wildman–Crippen LogP) is 3.23. The van der Waals surface area contributed by atoms with E-state index >= 15 is 0 Å². The Morgan fingerprint density at radius 1 is 0.912 bits per heavy atom. The molecular formula is C25H21N3O6. The lowest BCUT2D eigenvalue weighted by atomic mass is 10.1. The van der Waals surface area contributed by atoms with Gasteiger partial charge >= 0.3 is 5.97 Å². The molecule has 0 fully saturated rings. The third-order valence-corrected chi connectivity index (χ3v) is 4.56. The smallest absolute Gasteiger partial charge is 0.325 e. The lowest BCUT2D eigenvalue weighted by Gasteiger charge is -2.11. The minimum atomic E-state index is -0.757. The first kappa shape index (κ1) is 23.9. The van der Waals surface area contributed by atoms with Crippen molar-refractivity contribution in [1.29, 1.82) is 0 Å². The van der Waals surface area contributed by atoms with E-state index in [9.17, 15) is 24.5 Å². The number of benzene rings is 3. The maximum atomic E-state index is 12.8. The van der Waals surface area contributed by atoms with Crippen molar-refractivity contribution >= 4 is 29.5 Å². The Hall–Kier alpha value is -4.79. The number of esters is 1. The molecule has 2 amide bonds. The highest BCUT2D eigenvalue weighted by Gasteiger charge is 2.17. The summed E-state index contributed by atoms with van der Waals surface area (Å²) < 4.78 is 5.13. The Balaban J connectivity index is 1.72. The van der Waals surface area contributed by atoms with Crippen molar-refractivity contribution in [2.24, 2.45) is 0 Å². The van der Waals surface area contributed by atoms with Gasteiger partial charge in [-0.2, -0.15) is 0 Å². The molecule has 34 heavy (non-hydrogen) atoms. The Morgan fingerprint density at radius 3 is 2.26 bits per heavy atom. The van der Waals surface area contributed by atoms with Gasteiger partial charge in [0.25, 0.3) is 17.5 Å². The summed E-state index contributed by atoms with van der Waals surface area (Å²) in [5.74, 6) is -1.98. The van der Waals surface area contributed by atoms with Crippen molar-refractivity contribution in [3.63, 3.8) is 0 Å². The molecule has 0 aromatic heterocycles. The minimum Gasteiger partial charge on any atom is -0.460 e. The summed E-state index contributed by atoms with van der Waals surface area (Å²) in [4.78, 5) is 47.9. The number of hydrogen-bond acceptors (Lipinski definition) is 6. The molecule has 0 unspecified atom stereocenters. The van der Waals surface area contributed by atoms with Crippen LogP contribution in [-0.4, -0.2) is 29.3 Å². The fraction of sp³-hybridized carbons (Fsp3) is 0.0800. The number of rotatable bonds is 9. The van der Waals surface area contributed by atoms with E-state index < -0.39 is 29.3 Å². The molecule has 0 aliphatic rings. The zero-order valence-electron chi connectivity index (χ0n) is 18.0. The first-order chi connectivity index (χ1) is 16.4. The van der Waals surface area contributed by atoms with E-state index in [2.05, 4.69) is 10.6 Å². The Morgan fingerprint density at radius 2 is 1.59 bits per heavy atom. The van der Waals surface area contributed by atoms with E-state index in [0.717, 1.165) is 5.56 Å². The quantitative estimate of drug-likeness (QED) is 0.219. The molecule has 0 aliphatic heterocycles. The van der Waals surface area contributed by atoms with Crippen LogP contribution in [0.2, 0.25) is 0 Å². The Kier molecular flexibility index (Phi) is 8.23. The molecule has 3 rings (SSSR count). The molecule has 0 atom stereocenters. The normalized spacial score (nSPS) is 10.8. The molecule has 0 aliphatic carbocycles. The van der Waals surface area contributed by atoms with Crippen LogP contribution in [0.3, 0.4) is 0 Å². The maximum absolute atomic E-state index is 12.8. The number of carbonyl (C=O) groups is 3.